The first-order valence-corrected chi connectivity index (χ1v) is 9.53. The Morgan fingerprint density at radius 3 is 3.05 bits per heavy atom. The van der Waals surface area contributed by atoms with Crippen LogP contribution in [0.3, 0.4) is 0 Å². The number of hydrogen-bond donors (Lipinski definition) is 2. The Morgan fingerprint density at radius 1 is 1.57 bits per heavy atom. The lowest BCUT2D eigenvalue weighted by molar-refractivity contribution is -0.116. The van der Waals surface area contributed by atoms with E-state index in [1.807, 2.05) is 30.0 Å². The number of thioether (sulfide) groups is 2. The van der Waals surface area contributed by atoms with Crippen molar-refractivity contribution in [2.24, 2.45) is 0 Å². The minimum Gasteiger partial charge on any atom is -0.325 e. The maximum absolute atomic E-state index is 12.2. The Kier molecular flexibility index (Phi) is 6.74. The third kappa shape index (κ3) is 5.40. The minimum atomic E-state index is 0.0443. The van der Waals surface area contributed by atoms with E-state index in [-0.39, 0.29) is 11.9 Å². The van der Waals surface area contributed by atoms with Gasteiger partial charge in [0.25, 0.3) is 0 Å². The topological polar surface area (TPSA) is 41.1 Å². The van der Waals surface area contributed by atoms with Crippen LogP contribution in [-0.4, -0.2) is 35.2 Å². The van der Waals surface area contributed by atoms with Gasteiger partial charge in [-0.15, -0.1) is 11.8 Å². The normalized spacial score (nSPS) is 18.8. The predicted molar refractivity (Wildman–Crippen MR) is 94.8 cm³/mol. The second-order valence-corrected chi connectivity index (χ2v) is 8.41. The van der Waals surface area contributed by atoms with E-state index in [1.165, 1.54) is 0 Å². The molecule has 2 rings (SSSR count). The van der Waals surface area contributed by atoms with Crippen LogP contribution in [0.5, 0.6) is 0 Å². The molecule has 1 aromatic rings. The van der Waals surface area contributed by atoms with Gasteiger partial charge in [0, 0.05) is 40.7 Å². The number of anilines is 1. The maximum Gasteiger partial charge on any atom is 0.226 e. The van der Waals surface area contributed by atoms with Crippen molar-refractivity contribution in [1.82, 2.24) is 5.32 Å². The second kappa shape index (κ2) is 8.32. The van der Waals surface area contributed by atoms with Gasteiger partial charge in [-0.3, -0.25) is 4.79 Å². The number of amides is 1. The van der Waals surface area contributed by atoms with Crippen LogP contribution in [-0.2, 0) is 4.79 Å². The molecule has 1 aromatic carbocycles. The molecule has 0 bridgehead atoms. The van der Waals surface area contributed by atoms with E-state index >= 15 is 0 Å². The number of hydrogen-bond acceptors (Lipinski definition) is 4. The number of carbonyl (C=O) groups excluding carboxylic acids is 1. The quantitative estimate of drug-likeness (QED) is 0.795. The molecule has 1 heterocycles. The van der Waals surface area contributed by atoms with E-state index in [0.717, 1.165) is 28.6 Å². The Balaban J connectivity index is 2.01. The van der Waals surface area contributed by atoms with Gasteiger partial charge in [-0.2, -0.15) is 11.8 Å². The lowest BCUT2D eigenvalue weighted by Crippen LogP contribution is -2.39. The van der Waals surface area contributed by atoms with Gasteiger partial charge in [-0.25, -0.2) is 0 Å². The van der Waals surface area contributed by atoms with Crippen LogP contribution < -0.4 is 10.6 Å². The summed E-state index contributed by atoms with van der Waals surface area (Å²) in [5.41, 5.74) is 0.815. The molecule has 3 nitrogen and oxygen atoms in total. The molecule has 0 aliphatic carbocycles. The molecule has 1 atom stereocenters. The van der Waals surface area contributed by atoms with Gasteiger partial charge >= 0.3 is 0 Å². The van der Waals surface area contributed by atoms with Gasteiger partial charge in [0.1, 0.15) is 0 Å². The van der Waals surface area contributed by atoms with Crippen molar-refractivity contribution in [3.63, 3.8) is 0 Å². The monoisotopic (exact) mass is 344 g/mol. The summed E-state index contributed by atoms with van der Waals surface area (Å²) in [5.74, 6) is 2.17. The van der Waals surface area contributed by atoms with Crippen molar-refractivity contribution in [3.8, 4) is 0 Å². The average Bonchev–Trinajstić information content (AvgIpc) is 2.43. The van der Waals surface area contributed by atoms with Crippen LogP contribution in [0.4, 0.5) is 5.69 Å². The SMILES string of the molecule is CC(C)Sc1c(Cl)cccc1NC(=O)CC1CSCCN1. The van der Waals surface area contributed by atoms with Crippen molar-refractivity contribution < 1.29 is 4.79 Å². The number of carbonyl (C=O) groups is 1. The Hall–Kier alpha value is -0.360. The summed E-state index contributed by atoms with van der Waals surface area (Å²) in [5, 5.41) is 7.50. The summed E-state index contributed by atoms with van der Waals surface area (Å²) in [7, 11) is 0. The summed E-state index contributed by atoms with van der Waals surface area (Å²) in [4.78, 5) is 13.2. The summed E-state index contributed by atoms with van der Waals surface area (Å²) in [6, 6.07) is 5.92. The van der Waals surface area contributed by atoms with Gasteiger partial charge < -0.3 is 10.6 Å². The summed E-state index contributed by atoms with van der Waals surface area (Å²) in [6.07, 6.45) is 0.505. The highest BCUT2D eigenvalue weighted by Gasteiger charge is 2.18. The summed E-state index contributed by atoms with van der Waals surface area (Å²) in [6.45, 7) is 5.21. The van der Waals surface area contributed by atoms with Crippen molar-refractivity contribution >= 4 is 46.7 Å². The van der Waals surface area contributed by atoms with E-state index in [0.29, 0.717) is 16.7 Å². The molecule has 2 N–H and O–H groups in total. The first-order valence-electron chi connectivity index (χ1n) is 7.12. The fourth-order valence-electron chi connectivity index (χ4n) is 2.14. The van der Waals surface area contributed by atoms with Crippen LogP contribution in [0.25, 0.3) is 0 Å². The molecule has 1 fully saturated rings. The fourth-order valence-corrected chi connectivity index (χ4v) is 4.29. The Morgan fingerprint density at radius 2 is 2.38 bits per heavy atom. The number of nitrogens with one attached hydrogen (secondary N) is 2. The van der Waals surface area contributed by atoms with Crippen molar-refractivity contribution in [2.75, 3.05) is 23.4 Å². The van der Waals surface area contributed by atoms with Crippen molar-refractivity contribution in [3.05, 3.63) is 23.2 Å². The number of halogens is 1. The standard InChI is InChI=1S/C15H21ClN2OS2/c1-10(2)21-15-12(16)4-3-5-13(15)18-14(19)8-11-9-20-7-6-17-11/h3-5,10-11,17H,6-9H2,1-2H3,(H,18,19). The van der Waals surface area contributed by atoms with Crippen LogP contribution in [0.15, 0.2) is 23.1 Å². The fraction of sp³-hybridized carbons (Fsp3) is 0.533. The molecule has 1 saturated heterocycles. The first kappa shape index (κ1) is 17.0. The van der Waals surface area contributed by atoms with E-state index in [4.69, 9.17) is 11.6 Å². The van der Waals surface area contributed by atoms with Crippen LogP contribution in [0, 0.1) is 0 Å². The average molecular weight is 345 g/mol. The largest absolute Gasteiger partial charge is 0.325 e. The molecule has 1 aliphatic heterocycles. The third-order valence-electron chi connectivity index (χ3n) is 3.02. The second-order valence-electron chi connectivity index (χ2n) is 5.26. The Labute approximate surface area is 140 Å². The van der Waals surface area contributed by atoms with Gasteiger partial charge in [0.2, 0.25) is 5.91 Å². The zero-order valence-corrected chi connectivity index (χ0v) is 14.7. The third-order valence-corrected chi connectivity index (χ3v) is 5.73. The Bertz CT molecular complexity index is 491. The molecule has 1 aliphatic rings. The first-order chi connectivity index (χ1) is 10.1. The molecule has 116 valence electrons. The molecule has 0 spiro atoms. The van der Waals surface area contributed by atoms with Gasteiger partial charge in [-0.05, 0) is 12.1 Å². The van der Waals surface area contributed by atoms with Crippen LogP contribution >= 0.6 is 35.1 Å². The number of benzene rings is 1. The zero-order chi connectivity index (χ0) is 15.2. The molecule has 21 heavy (non-hydrogen) atoms. The maximum atomic E-state index is 12.2. The van der Waals surface area contributed by atoms with Crippen LogP contribution in [0.1, 0.15) is 20.3 Å². The van der Waals surface area contributed by atoms with E-state index < -0.39 is 0 Å². The highest BCUT2D eigenvalue weighted by Crippen LogP contribution is 2.36. The molecule has 6 heteroatoms. The molecule has 0 saturated carbocycles. The minimum absolute atomic E-state index is 0.0443. The van der Waals surface area contributed by atoms with E-state index in [1.54, 1.807) is 11.8 Å². The molecule has 1 amide bonds. The van der Waals surface area contributed by atoms with Crippen LogP contribution in [0.2, 0.25) is 5.02 Å². The highest BCUT2D eigenvalue weighted by molar-refractivity contribution is 8.00. The van der Waals surface area contributed by atoms with E-state index in [9.17, 15) is 4.79 Å². The van der Waals surface area contributed by atoms with Gasteiger partial charge in [0.15, 0.2) is 0 Å². The number of rotatable bonds is 5. The molecular weight excluding hydrogens is 324 g/mol. The summed E-state index contributed by atoms with van der Waals surface area (Å²) >= 11 is 9.83. The summed E-state index contributed by atoms with van der Waals surface area (Å²) < 4.78 is 0. The molecule has 0 aromatic heterocycles. The highest BCUT2D eigenvalue weighted by atomic mass is 35.5. The molecular formula is C15H21ClN2OS2. The molecule has 0 radical (unpaired) electrons. The van der Waals surface area contributed by atoms with Crippen molar-refractivity contribution in [2.45, 2.75) is 36.5 Å². The smallest absolute Gasteiger partial charge is 0.226 e. The lowest BCUT2D eigenvalue weighted by Gasteiger charge is -2.23. The predicted octanol–water partition coefficient (Wildman–Crippen LogP) is 3.87. The molecule has 1 unspecified atom stereocenters. The van der Waals surface area contributed by atoms with Gasteiger partial charge in [-0.1, -0.05) is 31.5 Å². The van der Waals surface area contributed by atoms with E-state index in [2.05, 4.69) is 24.5 Å². The zero-order valence-electron chi connectivity index (χ0n) is 12.3. The van der Waals surface area contributed by atoms with Crippen molar-refractivity contribution in [1.29, 1.82) is 0 Å². The van der Waals surface area contributed by atoms with Gasteiger partial charge in [0.05, 0.1) is 10.7 Å². The lowest BCUT2D eigenvalue weighted by atomic mass is 10.2.